The molecule has 0 aliphatic heterocycles. The number of nitrogens with two attached hydrogens (primary N) is 1. The number of nitrogens with one attached hydrogen (secondary N) is 2. The number of phenols is 1. The number of benzene rings is 3. The molecule has 34 heavy (non-hydrogen) atoms. The Hall–Kier alpha value is -3.05. The van der Waals surface area contributed by atoms with Crippen LogP contribution in [0.5, 0.6) is 5.75 Å². The minimum absolute atomic E-state index is 0.0105. The molecule has 0 aliphatic carbocycles. The molecule has 2 atom stereocenters. The van der Waals surface area contributed by atoms with Crippen LogP contribution >= 0.6 is 38.5 Å². The second kappa shape index (κ2) is 11.9. The van der Waals surface area contributed by atoms with Crippen LogP contribution in [0.4, 0.5) is 21.9 Å². The zero-order chi connectivity index (χ0) is 24.7. The average Bonchev–Trinajstić information content (AvgIpc) is 2.80. The third kappa shape index (κ3) is 7.22. The molecule has 2 amide bonds. The minimum atomic E-state index is -0.851. The number of para-hydroxylation sites is 2. The van der Waals surface area contributed by atoms with Crippen LogP contribution in [0.2, 0.25) is 0 Å². The van der Waals surface area contributed by atoms with Gasteiger partial charge in [-0.15, -0.1) is 0 Å². The fraction of sp³-hybridized carbons (Fsp3) is 0.120. The van der Waals surface area contributed by atoms with E-state index in [4.69, 9.17) is 10.5 Å². The van der Waals surface area contributed by atoms with Crippen LogP contribution in [-0.4, -0.2) is 17.1 Å². The normalized spacial score (nSPS) is 12.7. The lowest BCUT2D eigenvalue weighted by Crippen LogP contribution is -2.21. The Balaban J connectivity index is 1.78. The second-order valence-electron chi connectivity index (χ2n) is 7.46. The highest BCUT2D eigenvalue weighted by Crippen LogP contribution is 2.35. The molecule has 0 saturated carbocycles. The van der Waals surface area contributed by atoms with Gasteiger partial charge >= 0.3 is 6.09 Å². The van der Waals surface area contributed by atoms with E-state index in [1.165, 1.54) is 6.08 Å². The zero-order valence-electron chi connectivity index (χ0n) is 18.2. The number of anilines is 3. The zero-order valence-corrected chi connectivity index (χ0v) is 21.9. The van der Waals surface area contributed by atoms with Crippen LogP contribution in [0.15, 0.2) is 83.4 Å². The van der Waals surface area contributed by atoms with Crippen LogP contribution in [0, 0.1) is 9.49 Å². The summed E-state index contributed by atoms with van der Waals surface area (Å²) in [7, 11) is 0. The third-order valence-electron chi connectivity index (χ3n) is 4.87. The summed E-state index contributed by atoms with van der Waals surface area (Å²) in [5, 5.41) is 15.8. The number of hydrogen-bond donors (Lipinski definition) is 4. The van der Waals surface area contributed by atoms with Crippen molar-refractivity contribution in [1.29, 1.82) is 0 Å². The molecular weight excluding hydrogens is 613 g/mol. The lowest BCUT2D eigenvalue weighted by atomic mass is 9.96. The SMILES string of the molecule is C[C@@H](/C=C/C(=O)Nc1ccccc1N)[C@@H](OC(=O)Nc1ccc(Br)cc1)c1cc(I)ccc1O. The number of carbonyl (C=O) groups excluding carboxylic acids is 2. The Morgan fingerprint density at radius 3 is 2.50 bits per heavy atom. The van der Waals surface area contributed by atoms with Gasteiger partial charge in [0.1, 0.15) is 11.9 Å². The summed E-state index contributed by atoms with van der Waals surface area (Å²) in [6.07, 6.45) is 1.43. The van der Waals surface area contributed by atoms with Crippen molar-refractivity contribution in [3.05, 3.63) is 92.5 Å². The first-order valence-electron chi connectivity index (χ1n) is 10.3. The molecule has 3 aromatic carbocycles. The van der Waals surface area contributed by atoms with Gasteiger partial charge in [-0.05, 0) is 83.3 Å². The van der Waals surface area contributed by atoms with Crippen molar-refractivity contribution in [2.75, 3.05) is 16.4 Å². The first-order chi connectivity index (χ1) is 16.2. The lowest BCUT2D eigenvalue weighted by Gasteiger charge is -2.24. The standard InChI is InChI=1S/C25H23BrIN3O4/c1-15(6-13-23(32)30-21-5-3-2-4-20(21)28)24(19-14-17(27)9-12-22(19)31)34-25(33)29-18-10-7-16(26)8-11-18/h2-15,24,31H,28H2,1H3,(H,29,33)(H,30,32)/b13-6+/t15-,24+/m0/s1. The topological polar surface area (TPSA) is 114 Å². The van der Waals surface area contributed by atoms with Crippen molar-refractivity contribution in [3.63, 3.8) is 0 Å². The van der Waals surface area contributed by atoms with Gasteiger partial charge in [0.2, 0.25) is 5.91 Å². The minimum Gasteiger partial charge on any atom is -0.508 e. The van der Waals surface area contributed by atoms with Crippen LogP contribution in [0.1, 0.15) is 18.6 Å². The fourth-order valence-electron chi connectivity index (χ4n) is 3.13. The number of halogens is 2. The monoisotopic (exact) mass is 635 g/mol. The van der Waals surface area contributed by atoms with Crippen molar-refractivity contribution in [1.82, 2.24) is 0 Å². The van der Waals surface area contributed by atoms with E-state index in [2.05, 4.69) is 49.2 Å². The number of rotatable bonds is 7. The van der Waals surface area contributed by atoms with Crippen molar-refractivity contribution >= 4 is 67.6 Å². The third-order valence-corrected chi connectivity index (χ3v) is 6.07. The highest BCUT2D eigenvalue weighted by molar-refractivity contribution is 14.1. The van der Waals surface area contributed by atoms with E-state index in [0.717, 1.165) is 8.04 Å². The second-order valence-corrected chi connectivity index (χ2v) is 9.62. The summed E-state index contributed by atoms with van der Waals surface area (Å²) in [6, 6.07) is 19.0. The van der Waals surface area contributed by atoms with Gasteiger partial charge in [-0.25, -0.2) is 4.79 Å². The van der Waals surface area contributed by atoms with Gasteiger partial charge in [-0.1, -0.05) is 41.1 Å². The quantitative estimate of drug-likeness (QED) is 0.135. The summed E-state index contributed by atoms with van der Waals surface area (Å²) in [5.74, 6) is -0.836. The first-order valence-corrected chi connectivity index (χ1v) is 12.2. The Kier molecular flexibility index (Phi) is 8.94. The Morgan fingerprint density at radius 1 is 1.09 bits per heavy atom. The van der Waals surface area contributed by atoms with Crippen molar-refractivity contribution in [3.8, 4) is 5.75 Å². The Morgan fingerprint density at radius 2 is 1.79 bits per heavy atom. The summed E-state index contributed by atoms with van der Waals surface area (Å²) in [4.78, 5) is 25.1. The van der Waals surface area contributed by atoms with Crippen LogP contribution in [0.25, 0.3) is 0 Å². The van der Waals surface area contributed by atoms with E-state index < -0.39 is 18.1 Å². The summed E-state index contributed by atoms with van der Waals surface area (Å²) >= 11 is 5.47. The highest BCUT2D eigenvalue weighted by atomic mass is 127. The van der Waals surface area contributed by atoms with Gasteiger partial charge in [0.15, 0.2) is 0 Å². The van der Waals surface area contributed by atoms with Gasteiger partial charge in [0.25, 0.3) is 0 Å². The summed E-state index contributed by atoms with van der Waals surface area (Å²) in [5.41, 5.74) is 7.81. The molecule has 0 fully saturated rings. The van der Waals surface area contributed by atoms with E-state index in [9.17, 15) is 14.7 Å². The molecule has 5 N–H and O–H groups in total. The molecule has 0 unspecified atom stereocenters. The van der Waals surface area contributed by atoms with Gasteiger partial charge in [-0.3, -0.25) is 10.1 Å². The molecule has 9 heteroatoms. The van der Waals surface area contributed by atoms with Gasteiger partial charge < -0.3 is 20.9 Å². The van der Waals surface area contributed by atoms with E-state index in [1.807, 2.05) is 0 Å². The van der Waals surface area contributed by atoms with Crippen LogP contribution in [-0.2, 0) is 9.53 Å². The number of amides is 2. The molecule has 176 valence electrons. The van der Waals surface area contributed by atoms with E-state index in [1.54, 1.807) is 79.7 Å². The molecule has 0 aromatic heterocycles. The van der Waals surface area contributed by atoms with Crippen molar-refractivity contribution < 1.29 is 19.4 Å². The molecule has 0 saturated heterocycles. The van der Waals surface area contributed by atoms with Gasteiger partial charge in [-0.2, -0.15) is 0 Å². The number of ether oxygens (including phenoxy) is 1. The van der Waals surface area contributed by atoms with Crippen LogP contribution in [0.3, 0.4) is 0 Å². The van der Waals surface area contributed by atoms with E-state index in [-0.39, 0.29) is 11.7 Å². The van der Waals surface area contributed by atoms with Gasteiger partial charge in [0.05, 0.1) is 11.4 Å². The molecule has 0 heterocycles. The van der Waals surface area contributed by atoms with Crippen molar-refractivity contribution in [2.45, 2.75) is 13.0 Å². The lowest BCUT2D eigenvalue weighted by molar-refractivity contribution is -0.111. The Labute approximate surface area is 219 Å². The largest absolute Gasteiger partial charge is 0.508 e. The number of aromatic hydroxyl groups is 1. The number of phenolic OH excluding ortho intramolecular Hbond substituents is 1. The van der Waals surface area contributed by atoms with E-state index >= 15 is 0 Å². The number of hydrogen-bond acceptors (Lipinski definition) is 5. The molecular formula is C25H23BrIN3O4. The molecule has 0 bridgehead atoms. The molecule has 0 aliphatic rings. The predicted octanol–water partition coefficient (Wildman–Crippen LogP) is 6.46. The fourth-order valence-corrected chi connectivity index (χ4v) is 3.91. The maximum atomic E-state index is 12.7. The molecule has 0 radical (unpaired) electrons. The molecule has 3 rings (SSSR count). The first kappa shape index (κ1) is 25.6. The highest BCUT2D eigenvalue weighted by Gasteiger charge is 2.25. The number of carbonyl (C=O) groups is 2. The number of nitrogen functional groups attached to an aromatic ring is 1. The maximum absolute atomic E-state index is 12.7. The summed E-state index contributed by atoms with van der Waals surface area (Å²) < 4.78 is 7.45. The predicted molar refractivity (Wildman–Crippen MR) is 146 cm³/mol. The van der Waals surface area contributed by atoms with Crippen LogP contribution < -0.4 is 16.4 Å². The maximum Gasteiger partial charge on any atom is 0.412 e. The summed E-state index contributed by atoms with van der Waals surface area (Å²) in [6.45, 7) is 1.79. The molecule has 3 aromatic rings. The smallest absolute Gasteiger partial charge is 0.412 e. The molecule has 0 spiro atoms. The average molecular weight is 636 g/mol. The van der Waals surface area contributed by atoms with Crippen molar-refractivity contribution in [2.24, 2.45) is 5.92 Å². The van der Waals surface area contributed by atoms with E-state index in [0.29, 0.717) is 22.6 Å². The Bertz CT molecular complexity index is 1200. The van der Waals surface area contributed by atoms with Gasteiger partial charge in [0, 0.05) is 25.2 Å². The molecule has 7 nitrogen and oxygen atoms in total.